The average Bonchev–Trinajstić information content (AvgIpc) is 2.38. The molecule has 0 aromatic heterocycles. The minimum atomic E-state index is -0.905. The highest BCUT2D eigenvalue weighted by atomic mass is 79.9. The number of rotatable bonds is 6. The number of amides is 2. The molecule has 0 heterocycles. The smallest absolute Gasteiger partial charge is 0.319 e. The Labute approximate surface area is 124 Å². The van der Waals surface area contributed by atoms with Crippen molar-refractivity contribution in [1.82, 2.24) is 5.32 Å². The second kappa shape index (κ2) is 7.84. The molecule has 5 nitrogen and oxygen atoms in total. The fourth-order valence-electron chi connectivity index (χ4n) is 1.60. The molecule has 1 atom stereocenters. The van der Waals surface area contributed by atoms with Crippen LogP contribution in [0, 0.1) is 11.7 Å². The molecular weight excluding hydrogens is 331 g/mol. The number of hydrogen-bond donors (Lipinski definition) is 3. The van der Waals surface area contributed by atoms with E-state index in [1.54, 1.807) is 0 Å². The van der Waals surface area contributed by atoms with E-state index in [9.17, 15) is 14.0 Å². The quantitative estimate of drug-likeness (QED) is 0.739. The molecule has 110 valence electrons. The summed E-state index contributed by atoms with van der Waals surface area (Å²) in [5.74, 6) is -1.59. The molecule has 20 heavy (non-hydrogen) atoms. The zero-order chi connectivity index (χ0) is 15.1. The van der Waals surface area contributed by atoms with Gasteiger partial charge in [0, 0.05) is 17.4 Å². The van der Waals surface area contributed by atoms with Crippen molar-refractivity contribution in [2.24, 2.45) is 5.92 Å². The number of halogens is 2. The van der Waals surface area contributed by atoms with E-state index in [-0.39, 0.29) is 24.6 Å². The minimum absolute atomic E-state index is 0.0119. The van der Waals surface area contributed by atoms with Crippen LogP contribution < -0.4 is 10.6 Å². The first-order valence-electron chi connectivity index (χ1n) is 6.14. The zero-order valence-corrected chi connectivity index (χ0v) is 12.5. The van der Waals surface area contributed by atoms with Gasteiger partial charge in [0.1, 0.15) is 5.82 Å². The van der Waals surface area contributed by atoms with Crippen molar-refractivity contribution in [2.75, 3.05) is 11.9 Å². The summed E-state index contributed by atoms with van der Waals surface area (Å²) in [5.41, 5.74) is 0.0585. The van der Waals surface area contributed by atoms with Crippen molar-refractivity contribution in [2.45, 2.75) is 19.8 Å². The predicted octanol–water partition coefficient (Wildman–Crippen LogP) is 3.21. The van der Waals surface area contributed by atoms with Gasteiger partial charge in [-0.05, 0) is 24.1 Å². The molecule has 0 bridgehead atoms. The van der Waals surface area contributed by atoms with Crippen molar-refractivity contribution in [3.05, 3.63) is 28.5 Å². The van der Waals surface area contributed by atoms with Crippen molar-refractivity contribution in [3.8, 4) is 0 Å². The lowest BCUT2D eigenvalue weighted by atomic mass is 10.0. The molecule has 0 fully saturated rings. The summed E-state index contributed by atoms with van der Waals surface area (Å²) in [6, 6.07) is 3.65. The summed E-state index contributed by atoms with van der Waals surface area (Å²) in [7, 11) is 0. The van der Waals surface area contributed by atoms with E-state index in [0.29, 0.717) is 10.9 Å². The maximum atomic E-state index is 13.4. The number of benzene rings is 1. The molecule has 0 radical (unpaired) electrons. The standard InChI is InChI=1S/C13H16BrFN2O3/c1-2-8(5-12(18)19)7-16-13(20)17-11-6-9(14)3-4-10(11)15/h3-4,6,8H,2,5,7H2,1H3,(H,18,19)(H2,16,17,20). The van der Waals surface area contributed by atoms with Gasteiger partial charge in [0.25, 0.3) is 0 Å². The molecule has 0 aliphatic rings. The summed E-state index contributed by atoms with van der Waals surface area (Å²) in [4.78, 5) is 22.2. The maximum absolute atomic E-state index is 13.4. The highest BCUT2D eigenvalue weighted by Crippen LogP contribution is 2.19. The second-order valence-electron chi connectivity index (χ2n) is 4.33. The van der Waals surface area contributed by atoms with Crippen LogP contribution in [0.25, 0.3) is 0 Å². The molecule has 0 aliphatic carbocycles. The Kier molecular flexibility index (Phi) is 6.44. The van der Waals surface area contributed by atoms with Gasteiger partial charge >= 0.3 is 12.0 Å². The van der Waals surface area contributed by atoms with Crippen LogP contribution in [0.1, 0.15) is 19.8 Å². The molecule has 1 aromatic carbocycles. The van der Waals surface area contributed by atoms with Crippen LogP contribution in [-0.4, -0.2) is 23.7 Å². The van der Waals surface area contributed by atoms with Crippen molar-refractivity contribution in [1.29, 1.82) is 0 Å². The topological polar surface area (TPSA) is 78.4 Å². The van der Waals surface area contributed by atoms with Gasteiger partial charge in [-0.2, -0.15) is 0 Å². The Morgan fingerprint density at radius 1 is 1.45 bits per heavy atom. The molecule has 0 saturated carbocycles. The van der Waals surface area contributed by atoms with Gasteiger partial charge in [-0.15, -0.1) is 0 Å². The van der Waals surface area contributed by atoms with Crippen LogP contribution >= 0.6 is 15.9 Å². The largest absolute Gasteiger partial charge is 0.481 e. The van der Waals surface area contributed by atoms with Crippen LogP contribution in [0.3, 0.4) is 0 Å². The molecule has 3 N–H and O–H groups in total. The van der Waals surface area contributed by atoms with Crippen LogP contribution in [0.15, 0.2) is 22.7 Å². The van der Waals surface area contributed by atoms with E-state index in [4.69, 9.17) is 5.11 Å². The van der Waals surface area contributed by atoms with E-state index >= 15 is 0 Å². The minimum Gasteiger partial charge on any atom is -0.481 e. The Morgan fingerprint density at radius 3 is 2.75 bits per heavy atom. The Bertz CT molecular complexity index is 497. The number of carboxylic acids is 1. The van der Waals surface area contributed by atoms with E-state index in [0.717, 1.165) is 0 Å². The molecule has 0 aliphatic heterocycles. The lowest BCUT2D eigenvalue weighted by Gasteiger charge is -2.14. The van der Waals surface area contributed by atoms with E-state index in [2.05, 4.69) is 26.6 Å². The second-order valence-corrected chi connectivity index (χ2v) is 5.25. The van der Waals surface area contributed by atoms with Gasteiger partial charge < -0.3 is 15.7 Å². The van der Waals surface area contributed by atoms with E-state index in [1.165, 1.54) is 18.2 Å². The summed E-state index contributed by atoms with van der Waals surface area (Å²) >= 11 is 3.18. The first kappa shape index (κ1) is 16.4. The highest BCUT2D eigenvalue weighted by molar-refractivity contribution is 9.10. The van der Waals surface area contributed by atoms with Gasteiger partial charge in [-0.3, -0.25) is 4.79 Å². The average molecular weight is 347 g/mol. The monoisotopic (exact) mass is 346 g/mol. The maximum Gasteiger partial charge on any atom is 0.319 e. The van der Waals surface area contributed by atoms with E-state index < -0.39 is 17.8 Å². The van der Waals surface area contributed by atoms with Gasteiger partial charge in [0.2, 0.25) is 0 Å². The molecule has 0 saturated heterocycles. The summed E-state index contributed by atoms with van der Waals surface area (Å²) in [6.07, 6.45) is 0.625. The van der Waals surface area contributed by atoms with E-state index in [1.807, 2.05) is 6.92 Å². The molecule has 2 amide bonds. The molecule has 1 rings (SSSR count). The first-order valence-corrected chi connectivity index (χ1v) is 6.93. The third kappa shape index (κ3) is 5.56. The molecule has 1 aromatic rings. The summed E-state index contributed by atoms with van der Waals surface area (Å²) in [5, 5.41) is 13.6. The summed E-state index contributed by atoms with van der Waals surface area (Å²) in [6.45, 7) is 2.07. The molecule has 1 unspecified atom stereocenters. The number of aliphatic carboxylic acids is 1. The van der Waals surface area contributed by atoms with Crippen molar-refractivity contribution >= 4 is 33.6 Å². The number of urea groups is 1. The molecular formula is C13H16BrFN2O3. The van der Waals surface area contributed by atoms with Gasteiger partial charge in [-0.1, -0.05) is 29.3 Å². The predicted molar refractivity (Wildman–Crippen MR) is 77.2 cm³/mol. The zero-order valence-electron chi connectivity index (χ0n) is 11.0. The Balaban J connectivity index is 2.51. The van der Waals surface area contributed by atoms with Gasteiger partial charge in [-0.25, -0.2) is 9.18 Å². The number of carbonyl (C=O) groups is 2. The fraction of sp³-hybridized carbons (Fsp3) is 0.385. The SMILES string of the molecule is CCC(CNC(=O)Nc1cc(Br)ccc1F)CC(=O)O. The normalized spacial score (nSPS) is 11.8. The lowest BCUT2D eigenvalue weighted by molar-refractivity contribution is -0.138. The van der Waals surface area contributed by atoms with Crippen LogP contribution in [0.2, 0.25) is 0 Å². The van der Waals surface area contributed by atoms with Crippen molar-refractivity contribution in [3.63, 3.8) is 0 Å². The third-order valence-corrected chi connectivity index (χ3v) is 3.26. The number of nitrogens with one attached hydrogen (secondary N) is 2. The third-order valence-electron chi connectivity index (χ3n) is 2.77. The number of hydrogen-bond acceptors (Lipinski definition) is 2. The Morgan fingerprint density at radius 2 is 2.15 bits per heavy atom. The fourth-order valence-corrected chi connectivity index (χ4v) is 1.97. The summed E-state index contributed by atoms with van der Waals surface area (Å²) < 4.78 is 14.1. The van der Waals surface area contributed by atoms with Crippen LogP contribution in [0.5, 0.6) is 0 Å². The number of carboxylic acid groups (broad SMARTS) is 1. The molecule has 0 spiro atoms. The molecule has 7 heteroatoms. The number of carbonyl (C=O) groups excluding carboxylic acids is 1. The van der Waals surface area contributed by atoms with Crippen molar-refractivity contribution < 1.29 is 19.1 Å². The van der Waals surface area contributed by atoms with Gasteiger partial charge in [0.15, 0.2) is 0 Å². The highest BCUT2D eigenvalue weighted by Gasteiger charge is 2.13. The first-order chi connectivity index (χ1) is 9.42. The number of anilines is 1. The van der Waals surface area contributed by atoms with Crippen LogP contribution in [-0.2, 0) is 4.79 Å². The lowest BCUT2D eigenvalue weighted by Crippen LogP contribution is -2.33. The Hall–Kier alpha value is -1.63. The van der Waals surface area contributed by atoms with Crippen LogP contribution in [0.4, 0.5) is 14.9 Å². The van der Waals surface area contributed by atoms with Gasteiger partial charge in [0.05, 0.1) is 5.69 Å².